The molecule has 3 aromatic heterocycles. The number of nitrogens with zero attached hydrogens (tertiary/aromatic N) is 5. The summed E-state index contributed by atoms with van der Waals surface area (Å²) in [4.78, 5) is 23.1. The van der Waals surface area contributed by atoms with Gasteiger partial charge in [0.25, 0.3) is 0 Å². The standard InChI is InChI=1S/C19H15F2N7O2/c20-12-5-13-15(17-23-6-11(16(22)26-17)7-25-19(29)30)27-28(18(13)24-8-12)9-10-3-1-2-4-14(10)21/h1-6,8,25H,7,9H2,(H,29,30)(H2,22,23,26). The molecule has 11 heteroatoms. The average Bonchev–Trinajstić information content (AvgIpc) is 3.06. The highest BCUT2D eigenvalue weighted by molar-refractivity contribution is 5.89. The molecule has 0 spiro atoms. The third-order valence-corrected chi connectivity index (χ3v) is 4.37. The third-order valence-electron chi connectivity index (χ3n) is 4.37. The van der Waals surface area contributed by atoms with Crippen molar-refractivity contribution in [3.05, 3.63) is 65.5 Å². The molecule has 4 aromatic rings. The van der Waals surface area contributed by atoms with E-state index in [0.717, 1.165) is 6.20 Å². The average molecular weight is 411 g/mol. The van der Waals surface area contributed by atoms with Crippen molar-refractivity contribution >= 4 is 22.9 Å². The summed E-state index contributed by atoms with van der Waals surface area (Å²) in [5.74, 6) is -0.823. The van der Waals surface area contributed by atoms with Crippen molar-refractivity contribution in [1.82, 2.24) is 30.0 Å². The molecule has 0 aliphatic rings. The quantitative estimate of drug-likeness (QED) is 0.460. The second-order valence-electron chi connectivity index (χ2n) is 6.39. The number of pyridine rings is 1. The minimum absolute atomic E-state index is 0.0508. The van der Waals surface area contributed by atoms with Crippen LogP contribution < -0.4 is 11.1 Å². The summed E-state index contributed by atoms with van der Waals surface area (Å²) in [7, 11) is 0. The highest BCUT2D eigenvalue weighted by Gasteiger charge is 2.19. The van der Waals surface area contributed by atoms with Crippen molar-refractivity contribution in [3.8, 4) is 11.5 Å². The van der Waals surface area contributed by atoms with Crippen LogP contribution in [0.2, 0.25) is 0 Å². The second kappa shape index (κ2) is 7.70. The van der Waals surface area contributed by atoms with E-state index in [9.17, 15) is 13.6 Å². The van der Waals surface area contributed by atoms with E-state index in [2.05, 4.69) is 25.4 Å². The van der Waals surface area contributed by atoms with Gasteiger partial charge >= 0.3 is 6.09 Å². The highest BCUT2D eigenvalue weighted by Crippen LogP contribution is 2.27. The van der Waals surface area contributed by atoms with E-state index in [1.54, 1.807) is 18.2 Å². The lowest BCUT2D eigenvalue weighted by atomic mass is 10.2. The van der Waals surface area contributed by atoms with E-state index in [-0.39, 0.29) is 30.4 Å². The van der Waals surface area contributed by atoms with Gasteiger partial charge in [-0.1, -0.05) is 18.2 Å². The van der Waals surface area contributed by atoms with Crippen molar-refractivity contribution < 1.29 is 18.7 Å². The maximum atomic E-state index is 14.1. The molecule has 0 aliphatic carbocycles. The van der Waals surface area contributed by atoms with E-state index in [4.69, 9.17) is 10.8 Å². The van der Waals surface area contributed by atoms with E-state index in [0.29, 0.717) is 22.2 Å². The van der Waals surface area contributed by atoms with E-state index in [1.165, 1.54) is 23.0 Å². The summed E-state index contributed by atoms with van der Waals surface area (Å²) in [6.45, 7) is -0.00198. The van der Waals surface area contributed by atoms with Crippen LogP contribution in [0.5, 0.6) is 0 Å². The number of carboxylic acid groups (broad SMARTS) is 1. The number of nitrogens with two attached hydrogens (primary N) is 1. The predicted molar refractivity (Wildman–Crippen MR) is 103 cm³/mol. The fourth-order valence-corrected chi connectivity index (χ4v) is 2.94. The van der Waals surface area contributed by atoms with E-state index < -0.39 is 17.7 Å². The molecule has 0 unspecified atom stereocenters. The minimum atomic E-state index is -1.21. The van der Waals surface area contributed by atoms with Crippen LogP contribution in [-0.2, 0) is 13.1 Å². The van der Waals surface area contributed by atoms with Gasteiger partial charge in [-0.05, 0) is 12.1 Å². The number of fused-ring (bicyclic) bond motifs is 1. The van der Waals surface area contributed by atoms with Gasteiger partial charge in [0, 0.05) is 17.3 Å². The minimum Gasteiger partial charge on any atom is -0.465 e. The monoisotopic (exact) mass is 411 g/mol. The Hall–Kier alpha value is -4.15. The first-order valence-corrected chi connectivity index (χ1v) is 8.76. The van der Waals surface area contributed by atoms with Crippen LogP contribution in [-0.4, -0.2) is 35.9 Å². The van der Waals surface area contributed by atoms with Crippen molar-refractivity contribution in [2.45, 2.75) is 13.1 Å². The lowest BCUT2D eigenvalue weighted by molar-refractivity contribution is 0.194. The first-order valence-electron chi connectivity index (χ1n) is 8.76. The van der Waals surface area contributed by atoms with Gasteiger partial charge in [-0.2, -0.15) is 5.10 Å². The Kier molecular flexibility index (Phi) is 4.92. The molecule has 0 aliphatic heterocycles. The molecule has 4 rings (SSSR count). The van der Waals surface area contributed by atoms with Crippen molar-refractivity contribution in [1.29, 1.82) is 0 Å². The van der Waals surface area contributed by atoms with Gasteiger partial charge in [0.2, 0.25) is 0 Å². The third kappa shape index (κ3) is 3.72. The Bertz CT molecular complexity index is 1260. The van der Waals surface area contributed by atoms with Gasteiger partial charge in [-0.25, -0.2) is 33.2 Å². The normalized spacial score (nSPS) is 11.0. The number of hydrogen-bond acceptors (Lipinski definition) is 6. The van der Waals surface area contributed by atoms with E-state index >= 15 is 0 Å². The Morgan fingerprint density at radius 2 is 1.97 bits per heavy atom. The molecule has 1 amide bonds. The van der Waals surface area contributed by atoms with Crippen LogP contribution in [0.4, 0.5) is 19.4 Å². The van der Waals surface area contributed by atoms with Crippen molar-refractivity contribution in [3.63, 3.8) is 0 Å². The smallest absolute Gasteiger partial charge is 0.404 e. The summed E-state index contributed by atoms with van der Waals surface area (Å²) >= 11 is 0. The number of carbonyl (C=O) groups is 1. The lowest BCUT2D eigenvalue weighted by Crippen LogP contribution is -2.21. The zero-order valence-corrected chi connectivity index (χ0v) is 15.4. The van der Waals surface area contributed by atoms with E-state index in [1.807, 2.05) is 0 Å². The molecule has 0 radical (unpaired) electrons. The SMILES string of the molecule is Nc1nc(-c2nn(Cc3ccccc3F)c3ncc(F)cc23)ncc1CNC(=O)O. The van der Waals surface area contributed by atoms with Gasteiger partial charge in [0.15, 0.2) is 11.5 Å². The lowest BCUT2D eigenvalue weighted by Gasteiger charge is -2.06. The molecule has 30 heavy (non-hydrogen) atoms. The number of nitrogens with one attached hydrogen (secondary N) is 1. The van der Waals surface area contributed by atoms with Gasteiger partial charge in [-0.15, -0.1) is 0 Å². The molecule has 4 N–H and O–H groups in total. The van der Waals surface area contributed by atoms with Crippen LogP contribution in [0.15, 0.2) is 42.7 Å². The molecule has 1 aromatic carbocycles. The van der Waals surface area contributed by atoms with Crippen LogP contribution in [0.1, 0.15) is 11.1 Å². The molecule has 0 fully saturated rings. The maximum Gasteiger partial charge on any atom is 0.404 e. The predicted octanol–water partition coefficient (Wildman–Crippen LogP) is 2.56. The van der Waals surface area contributed by atoms with Crippen LogP contribution in [0.3, 0.4) is 0 Å². The van der Waals surface area contributed by atoms with Crippen molar-refractivity contribution in [2.24, 2.45) is 0 Å². The van der Waals surface area contributed by atoms with Gasteiger partial charge in [0.05, 0.1) is 24.7 Å². The molecular weight excluding hydrogens is 396 g/mol. The Morgan fingerprint density at radius 1 is 1.17 bits per heavy atom. The molecule has 9 nitrogen and oxygen atoms in total. The zero-order valence-electron chi connectivity index (χ0n) is 15.4. The molecule has 0 saturated heterocycles. The molecule has 0 saturated carbocycles. The molecule has 0 bridgehead atoms. The van der Waals surface area contributed by atoms with Gasteiger partial charge < -0.3 is 16.2 Å². The number of anilines is 1. The number of aromatic nitrogens is 5. The number of halogens is 2. The van der Waals surface area contributed by atoms with Crippen LogP contribution in [0, 0.1) is 11.6 Å². The number of hydrogen-bond donors (Lipinski definition) is 3. The highest BCUT2D eigenvalue weighted by atomic mass is 19.1. The largest absolute Gasteiger partial charge is 0.465 e. The number of benzene rings is 1. The number of amides is 1. The fourth-order valence-electron chi connectivity index (χ4n) is 2.94. The van der Waals surface area contributed by atoms with Gasteiger partial charge in [0.1, 0.15) is 23.1 Å². The van der Waals surface area contributed by atoms with Crippen LogP contribution in [0.25, 0.3) is 22.6 Å². The maximum absolute atomic E-state index is 14.1. The topological polar surface area (TPSA) is 132 Å². The summed E-state index contributed by atoms with van der Waals surface area (Å²) in [6, 6.07) is 7.47. The first kappa shape index (κ1) is 19.2. The second-order valence-corrected chi connectivity index (χ2v) is 6.39. The van der Waals surface area contributed by atoms with Gasteiger partial charge in [-0.3, -0.25) is 0 Å². The van der Waals surface area contributed by atoms with Crippen molar-refractivity contribution in [2.75, 3.05) is 5.73 Å². The number of nitrogen functional groups attached to an aromatic ring is 1. The summed E-state index contributed by atoms with van der Waals surface area (Å²) in [5.41, 5.74) is 7.22. The molecule has 0 atom stereocenters. The van der Waals surface area contributed by atoms with Crippen LogP contribution >= 0.6 is 0 Å². The summed E-state index contributed by atoms with van der Waals surface area (Å²) < 4.78 is 29.4. The Morgan fingerprint density at radius 3 is 2.70 bits per heavy atom. The Balaban J connectivity index is 1.77. The molecule has 152 valence electrons. The summed E-state index contributed by atoms with van der Waals surface area (Å²) in [5, 5.41) is 15.6. The molecule has 3 heterocycles. The fraction of sp³-hybridized carbons (Fsp3) is 0.105. The zero-order chi connectivity index (χ0) is 21.3. The Labute approximate surface area is 168 Å². The summed E-state index contributed by atoms with van der Waals surface area (Å²) in [6.07, 6.45) is 1.20. The molecular formula is C19H15F2N7O2. The first-order chi connectivity index (χ1) is 14.4. The number of rotatable bonds is 5.